The highest BCUT2D eigenvalue weighted by molar-refractivity contribution is 5.93. The number of nitrogens with zero attached hydrogens (tertiary/aromatic N) is 3. The van der Waals surface area contributed by atoms with E-state index < -0.39 is 17.2 Å². The molecular weight excluding hydrogens is 349 g/mol. The van der Waals surface area contributed by atoms with Crippen LogP contribution in [0.4, 0.5) is 10.1 Å². The number of piperazine rings is 1. The van der Waals surface area contributed by atoms with Crippen LogP contribution < -0.4 is 10.3 Å². The zero-order chi connectivity index (χ0) is 19.7. The number of rotatable bonds is 5. The third-order valence-electron chi connectivity index (χ3n) is 5.17. The van der Waals surface area contributed by atoms with Crippen molar-refractivity contribution in [3.63, 3.8) is 0 Å². The van der Waals surface area contributed by atoms with Gasteiger partial charge < -0.3 is 19.5 Å². The van der Waals surface area contributed by atoms with E-state index in [1.807, 2.05) is 11.9 Å². The first-order chi connectivity index (χ1) is 12.8. The molecule has 27 heavy (non-hydrogen) atoms. The van der Waals surface area contributed by atoms with Crippen LogP contribution in [0.1, 0.15) is 30.6 Å². The van der Waals surface area contributed by atoms with E-state index in [4.69, 9.17) is 0 Å². The molecule has 1 aromatic heterocycles. The smallest absolute Gasteiger partial charge is 0.341 e. The number of carboxylic acids is 1. The molecule has 1 aromatic carbocycles. The van der Waals surface area contributed by atoms with Crippen LogP contribution in [0.25, 0.3) is 10.9 Å². The standard InChI is InChI=1S/C20H26FN3O3/c1-13(2)4-5-24-12-15(20(26)27)19(25)14-10-16(21)18(11-17(14)24)23-8-6-22(3)7-9-23/h10-13H,4-9H2,1-3H3,(H,26,27). The van der Waals surface area contributed by atoms with Gasteiger partial charge in [0.2, 0.25) is 5.43 Å². The summed E-state index contributed by atoms with van der Waals surface area (Å²) in [5, 5.41) is 9.48. The third kappa shape index (κ3) is 3.98. The number of hydrogen-bond donors (Lipinski definition) is 1. The zero-order valence-corrected chi connectivity index (χ0v) is 16.0. The first-order valence-corrected chi connectivity index (χ1v) is 9.31. The zero-order valence-electron chi connectivity index (χ0n) is 16.0. The quantitative estimate of drug-likeness (QED) is 0.870. The molecule has 0 atom stereocenters. The number of aromatic carboxylic acids is 1. The Kier molecular flexibility index (Phi) is 5.51. The van der Waals surface area contributed by atoms with Gasteiger partial charge in [-0.15, -0.1) is 0 Å². The molecule has 2 aromatic rings. The highest BCUT2D eigenvalue weighted by Gasteiger charge is 2.21. The summed E-state index contributed by atoms with van der Waals surface area (Å²) in [6.45, 7) is 7.84. The normalized spacial score (nSPS) is 15.7. The minimum Gasteiger partial charge on any atom is -0.477 e. The summed E-state index contributed by atoms with van der Waals surface area (Å²) in [7, 11) is 2.03. The SMILES string of the molecule is CC(C)CCn1cc(C(=O)O)c(=O)c2cc(F)c(N3CCN(C)CC3)cc21. The van der Waals surface area contributed by atoms with E-state index in [0.29, 0.717) is 36.8 Å². The Hall–Kier alpha value is -2.41. The van der Waals surface area contributed by atoms with Crippen molar-refractivity contribution in [2.24, 2.45) is 5.92 Å². The van der Waals surface area contributed by atoms with Crippen molar-refractivity contribution >= 4 is 22.6 Å². The summed E-state index contributed by atoms with van der Waals surface area (Å²) in [5.74, 6) is -1.35. The van der Waals surface area contributed by atoms with Crippen LogP contribution in [-0.2, 0) is 6.54 Å². The fraction of sp³-hybridized carbons (Fsp3) is 0.500. The molecule has 7 heteroatoms. The lowest BCUT2D eigenvalue weighted by molar-refractivity contribution is 0.0695. The van der Waals surface area contributed by atoms with Crippen LogP contribution in [0.15, 0.2) is 23.1 Å². The van der Waals surface area contributed by atoms with E-state index in [1.54, 1.807) is 10.6 Å². The number of aromatic nitrogens is 1. The maximum absolute atomic E-state index is 14.8. The Morgan fingerprint density at radius 3 is 2.48 bits per heavy atom. The van der Waals surface area contributed by atoms with Crippen molar-refractivity contribution < 1.29 is 14.3 Å². The van der Waals surface area contributed by atoms with Gasteiger partial charge in [-0.05, 0) is 31.5 Å². The topological polar surface area (TPSA) is 65.8 Å². The minimum absolute atomic E-state index is 0.119. The summed E-state index contributed by atoms with van der Waals surface area (Å²) >= 11 is 0. The molecule has 1 N–H and O–H groups in total. The first kappa shape index (κ1) is 19.4. The van der Waals surface area contributed by atoms with Gasteiger partial charge in [0, 0.05) is 44.3 Å². The Morgan fingerprint density at radius 1 is 1.22 bits per heavy atom. The van der Waals surface area contributed by atoms with Crippen LogP contribution in [0.5, 0.6) is 0 Å². The predicted octanol–water partition coefficient (Wildman–Crippen LogP) is 2.64. The van der Waals surface area contributed by atoms with Crippen molar-refractivity contribution in [3.8, 4) is 0 Å². The average molecular weight is 375 g/mol. The Labute approximate surface area is 157 Å². The molecule has 1 aliphatic heterocycles. The number of benzene rings is 1. The van der Waals surface area contributed by atoms with Gasteiger partial charge >= 0.3 is 5.97 Å². The van der Waals surface area contributed by atoms with Crippen LogP contribution in [0, 0.1) is 11.7 Å². The van der Waals surface area contributed by atoms with Gasteiger partial charge in [0.15, 0.2) is 0 Å². The second-order valence-corrected chi connectivity index (χ2v) is 7.66. The van der Waals surface area contributed by atoms with Crippen LogP contribution in [0.2, 0.25) is 0 Å². The van der Waals surface area contributed by atoms with Crippen molar-refractivity contribution in [1.82, 2.24) is 9.47 Å². The molecule has 1 fully saturated rings. The van der Waals surface area contributed by atoms with Gasteiger partial charge in [-0.1, -0.05) is 13.8 Å². The highest BCUT2D eigenvalue weighted by Crippen LogP contribution is 2.26. The molecule has 0 unspecified atom stereocenters. The lowest BCUT2D eigenvalue weighted by Gasteiger charge is -2.34. The predicted molar refractivity (Wildman–Crippen MR) is 104 cm³/mol. The second-order valence-electron chi connectivity index (χ2n) is 7.66. The molecule has 146 valence electrons. The number of fused-ring (bicyclic) bond motifs is 1. The summed E-state index contributed by atoms with van der Waals surface area (Å²) < 4.78 is 16.6. The molecule has 0 saturated carbocycles. The molecule has 0 aliphatic carbocycles. The highest BCUT2D eigenvalue weighted by atomic mass is 19.1. The summed E-state index contributed by atoms with van der Waals surface area (Å²) in [4.78, 5) is 28.2. The number of anilines is 1. The summed E-state index contributed by atoms with van der Waals surface area (Å²) in [5.41, 5.74) is 0.0949. The molecule has 1 saturated heterocycles. The van der Waals surface area contributed by atoms with E-state index in [0.717, 1.165) is 19.5 Å². The molecule has 0 amide bonds. The maximum atomic E-state index is 14.8. The largest absolute Gasteiger partial charge is 0.477 e. The lowest BCUT2D eigenvalue weighted by atomic mass is 10.1. The average Bonchev–Trinajstić information content (AvgIpc) is 2.61. The molecule has 6 nitrogen and oxygen atoms in total. The Bertz CT molecular complexity index is 915. The van der Waals surface area contributed by atoms with Crippen molar-refractivity contribution in [2.45, 2.75) is 26.8 Å². The summed E-state index contributed by atoms with van der Waals surface area (Å²) in [6, 6.07) is 2.90. The van der Waals surface area contributed by atoms with Crippen LogP contribution in [0.3, 0.4) is 0 Å². The van der Waals surface area contributed by atoms with Gasteiger partial charge in [-0.3, -0.25) is 4.79 Å². The van der Waals surface area contributed by atoms with E-state index in [1.165, 1.54) is 12.3 Å². The molecule has 0 radical (unpaired) electrons. The molecule has 1 aliphatic rings. The van der Waals surface area contributed by atoms with Gasteiger partial charge in [-0.2, -0.15) is 0 Å². The van der Waals surface area contributed by atoms with Gasteiger partial charge in [0.05, 0.1) is 11.2 Å². The minimum atomic E-state index is -1.29. The van der Waals surface area contributed by atoms with Crippen LogP contribution >= 0.6 is 0 Å². The Morgan fingerprint density at radius 2 is 1.89 bits per heavy atom. The number of carbonyl (C=O) groups is 1. The maximum Gasteiger partial charge on any atom is 0.341 e. The third-order valence-corrected chi connectivity index (χ3v) is 5.17. The number of likely N-dealkylation sites (N-methyl/N-ethyl adjacent to an activating group) is 1. The molecular formula is C20H26FN3O3. The molecule has 2 heterocycles. The molecule has 3 rings (SSSR count). The first-order valence-electron chi connectivity index (χ1n) is 9.31. The second kappa shape index (κ2) is 7.68. The van der Waals surface area contributed by atoms with E-state index in [2.05, 4.69) is 18.7 Å². The van der Waals surface area contributed by atoms with Crippen molar-refractivity contribution in [2.75, 3.05) is 38.1 Å². The monoisotopic (exact) mass is 375 g/mol. The molecule has 0 spiro atoms. The summed E-state index contributed by atoms with van der Waals surface area (Å²) in [6.07, 6.45) is 2.22. The van der Waals surface area contributed by atoms with Gasteiger partial charge in [0.1, 0.15) is 11.4 Å². The van der Waals surface area contributed by atoms with E-state index in [-0.39, 0.29) is 10.9 Å². The van der Waals surface area contributed by atoms with Crippen molar-refractivity contribution in [3.05, 3.63) is 39.9 Å². The van der Waals surface area contributed by atoms with Gasteiger partial charge in [0.25, 0.3) is 0 Å². The number of pyridine rings is 1. The number of hydrogen-bond acceptors (Lipinski definition) is 4. The fourth-order valence-electron chi connectivity index (χ4n) is 3.42. The van der Waals surface area contributed by atoms with E-state index in [9.17, 15) is 19.1 Å². The lowest BCUT2D eigenvalue weighted by Crippen LogP contribution is -2.44. The van der Waals surface area contributed by atoms with Crippen molar-refractivity contribution in [1.29, 1.82) is 0 Å². The number of aryl methyl sites for hydroxylation is 1. The molecule has 0 bridgehead atoms. The Balaban J connectivity index is 2.15. The van der Waals surface area contributed by atoms with Crippen LogP contribution in [-0.4, -0.2) is 53.8 Å². The number of carboxylic acid groups (broad SMARTS) is 1. The van der Waals surface area contributed by atoms with Gasteiger partial charge in [-0.25, -0.2) is 9.18 Å². The number of halogens is 1. The fourth-order valence-corrected chi connectivity index (χ4v) is 3.42. The van der Waals surface area contributed by atoms with E-state index >= 15 is 0 Å².